The molecule has 1 aromatic carbocycles. The first-order valence-corrected chi connectivity index (χ1v) is 9.92. The number of nitrogens with one attached hydrogen (secondary N) is 1. The third-order valence-corrected chi connectivity index (χ3v) is 5.71. The molecule has 3 aliphatic heterocycles. The Kier molecular flexibility index (Phi) is 5.35. The minimum Gasteiger partial charge on any atom is -0.442 e. The summed E-state index contributed by atoms with van der Waals surface area (Å²) in [6.45, 7) is 5.73. The Morgan fingerprint density at radius 1 is 1.34 bits per heavy atom. The van der Waals surface area contributed by atoms with Gasteiger partial charge in [0.15, 0.2) is 6.29 Å². The molecule has 0 saturated carbocycles. The molecule has 4 rings (SSSR count). The van der Waals surface area contributed by atoms with Crippen molar-refractivity contribution in [3.05, 3.63) is 24.0 Å². The van der Waals surface area contributed by atoms with E-state index < -0.39 is 12.2 Å². The second kappa shape index (κ2) is 7.79. The number of hydrogen-bond donors (Lipinski definition) is 1. The molecular weight excluding hydrogens is 381 g/mol. The first kappa shape index (κ1) is 19.9. The average molecular weight is 407 g/mol. The smallest absolute Gasteiger partial charge is 0.414 e. The van der Waals surface area contributed by atoms with E-state index in [1.807, 2.05) is 11.8 Å². The summed E-state index contributed by atoms with van der Waals surface area (Å²) in [5.41, 5.74) is 0.698. The number of halogens is 1. The Bertz CT molecular complexity index is 796. The number of nitrogens with zero attached hydrogens (tertiary/aromatic N) is 2. The number of cyclic esters (lactones) is 1. The van der Waals surface area contributed by atoms with Crippen molar-refractivity contribution in [2.45, 2.75) is 44.7 Å². The van der Waals surface area contributed by atoms with Crippen LogP contribution in [0.25, 0.3) is 0 Å². The molecule has 2 atom stereocenters. The number of rotatable bonds is 4. The first-order valence-electron chi connectivity index (χ1n) is 9.92. The normalized spacial score (nSPS) is 26.1. The third-order valence-electron chi connectivity index (χ3n) is 5.71. The van der Waals surface area contributed by atoms with E-state index in [0.29, 0.717) is 31.1 Å². The van der Waals surface area contributed by atoms with E-state index >= 15 is 0 Å². The molecule has 29 heavy (non-hydrogen) atoms. The minimum atomic E-state index is -0.542. The van der Waals surface area contributed by atoms with E-state index in [1.165, 1.54) is 17.9 Å². The maximum absolute atomic E-state index is 14.9. The Morgan fingerprint density at radius 3 is 2.72 bits per heavy atom. The standard InChI is InChI=1S/C20H26FN3O5/c1-13(25)22-10-16-11-24(19(26)28-16)15-3-4-18(17(21)9-15)23-7-5-20(6-8-23)12-27-14(2)29-20/h3-4,9,14,16H,5-8,10-12H2,1-2H3,(H,22,25)/t14?,16-/m0/s1. The van der Waals surface area contributed by atoms with Crippen molar-refractivity contribution < 1.29 is 28.2 Å². The summed E-state index contributed by atoms with van der Waals surface area (Å²) >= 11 is 0. The summed E-state index contributed by atoms with van der Waals surface area (Å²) in [7, 11) is 0. The molecule has 0 bridgehead atoms. The van der Waals surface area contributed by atoms with E-state index in [2.05, 4.69) is 5.32 Å². The van der Waals surface area contributed by atoms with Crippen LogP contribution in [0.1, 0.15) is 26.7 Å². The Morgan fingerprint density at radius 2 is 2.10 bits per heavy atom. The molecule has 0 aliphatic carbocycles. The van der Waals surface area contributed by atoms with Crippen molar-refractivity contribution >= 4 is 23.4 Å². The van der Waals surface area contributed by atoms with Gasteiger partial charge in [0.1, 0.15) is 11.9 Å². The number of piperidine rings is 1. The van der Waals surface area contributed by atoms with Gasteiger partial charge in [-0.05, 0) is 38.0 Å². The fourth-order valence-electron chi connectivity index (χ4n) is 4.12. The van der Waals surface area contributed by atoms with Gasteiger partial charge in [-0.1, -0.05) is 0 Å². The summed E-state index contributed by atoms with van der Waals surface area (Å²) in [5.74, 6) is -0.573. The molecule has 3 saturated heterocycles. The highest BCUT2D eigenvalue weighted by Gasteiger charge is 2.42. The molecular formula is C20H26FN3O5. The lowest BCUT2D eigenvalue weighted by molar-refractivity contribution is -0.119. The van der Waals surface area contributed by atoms with Crippen LogP contribution in [0.2, 0.25) is 0 Å². The lowest BCUT2D eigenvalue weighted by Crippen LogP contribution is -2.46. The number of ether oxygens (including phenoxy) is 3. The highest BCUT2D eigenvalue weighted by Crippen LogP contribution is 2.36. The minimum absolute atomic E-state index is 0.188. The summed E-state index contributed by atoms with van der Waals surface area (Å²) in [6, 6.07) is 4.78. The van der Waals surface area contributed by atoms with Gasteiger partial charge in [0.25, 0.3) is 0 Å². The number of benzene rings is 1. The van der Waals surface area contributed by atoms with Gasteiger partial charge >= 0.3 is 6.09 Å². The second-order valence-corrected chi connectivity index (χ2v) is 7.86. The molecule has 0 radical (unpaired) electrons. The number of amides is 2. The summed E-state index contributed by atoms with van der Waals surface area (Å²) in [4.78, 5) is 26.5. The number of anilines is 2. The molecule has 8 nitrogen and oxygen atoms in total. The number of hydrogen-bond acceptors (Lipinski definition) is 6. The van der Waals surface area contributed by atoms with E-state index in [4.69, 9.17) is 14.2 Å². The largest absolute Gasteiger partial charge is 0.442 e. The number of carbonyl (C=O) groups excluding carboxylic acids is 2. The summed E-state index contributed by atoms with van der Waals surface area (Å²) in [5, 5.41) is 2.62. The highest BCUT2D eigenvalue weighted by atomic mass is 19.1. The molecule has 1 aromatic rings. The van der Waals surface area contributed by atoms with Crippen molar-refractivity contribution in [1.82, 2.24) is 5.32 Å². The van der Waals surface area contributed by atoms with E-state index in [9.17, 15) is 14.0 Å². The highest BCUT2D eigenvalue weighted by molar-refractivity contribution is 5.90. The zero-order valence-corrected chi connectivity index (χ0v) is 16.7. The van der Waals surface area contributed by atoms with Crippen LogP contribution in [0.3, 0.4) is 0 Å². The van der Waals surface area contributed by atoms with Crippen LogP contribution in [-0.4, -0.2) is 62.8 Å². The van der Waals surface area contributed by atoms with E-state index in [0.717, 1.165) is 12.8 Å². The SMILES string of the molecule is CC(=O)NC[C@H]1CN(c2ccc(N3CCC4(CC3)COC(C)O4)c(F)c2)C(=O)O1. The maximum atomic E-state index is 14.9. The molecule has 9 heteroatoms. The monoisotopic (exact) mass is 407 g/mol. The lowest BCUT2D eigenvalue weighted by Gasteiger charge is -2.39. The molecule has 1 N–H and O–H groups in total. The van der Waals surface area contributed by atoms with Gasteiger partial charge in [0, 0.05) is 20.0 Å². The van der Waals surface area contributed by atoms with Crippen LogP contribution >= 0.6 is 0 Å². The predicted octanol–water partition coefficient (Wildman–Crippen LogP) is 2.02. The maximum Gasteiger partial charge on any atom is 0.414 e. The fraction of sp³-hybridized carbons (Fsp3) is 0.600. The number of carbonyl (C=O) groups is 2. The Balaban J connectivity index is 1.40. The van der Waals surface area contributed by atoms with Gasteiger partial charge in [0.2, 0.25) is 5.91 Å². The van der Waals surface area contributed by atoms with Gasteiger partial charge in [-0.3, -0.25) is 9.69 Å². The lowest BCUT2D eigenvalue weighted by atomic mass is 9.92. The summed E-state index contributed by atoms with van der Waals surface area (Å²) in [6.07, 6.45) is 0.375. The first-order chi connectivity index (χ1) is 13.8. The Hall–Kier alpha value is -2.39. The molecule has 158 valence electrons. The van der Waals surface area contributed by atoms with Crippen LogP contribution in [0.15, 0.2) is 18.2 Å². The van der Waals surface area contributed by atoms with Gasteiger partial charge in [0.05, 0.1) is 36.7 Å². The molecule has 3 aliphatic rings. The quantitative estimate of drug-likeness (QED) is 0.823. The average Bonchev–Trinajstić information content (AvgIpc) is 3.23. The molecule has 1 unspecified atom stereocenters. The van der Waals surface area contributed by atoms with E-state index in [1.54, 1.807) is 12.1 Å². The molecule has 3 fully saturated rings. The zero-order valence-electron chi connectivity index (χ0n) is 16.7. The topological polar surface area (TPSA) is 80.3 Å². The van der Waals surface area contributed by atoms with Gasteiger partial charge in [-0.25, -0.2) is 9.18 Å². The zero-order chi connectivity index (χ0) is 20.6. The molecule has 2 amide bonds. The van der Waals surface area contributed by atoms with Crippen LogP contribution in [0.5, 0.6) is 0 Å². The van der Waals surface area contributed by atoms with Crippen LogP contribution in [0, 0.1) is 5.82 Å². The molecule has 1 spiro atoms. The van der Waals surface area contributed by atoms with Crippen molar-refractivity contribution in [3.8, 4) is 0 Å². The van der Waals surface area contributed by atoms with Crippen LogP contribution in [-0.2, 0) is 19.0 Å². The second-order valence-electron chi connectivity index (χ2n) is 7.86. The molecule has 3 heterocycles. The van der Waals surface area contributed by atoms with Crippen LogP contribution in [0.4, 0.5) is 20.6 Å². The van der Waals surface area contributed by atoms with Gasteiger partial charge in [-0.15, -0.1) is 0 Å². The van der Waals surface area contributed by atoms with E-state index in [-0.39, 0.29) is 36.7 Å². The van der Waals surface area contributed by atoms with Gasteiger partial charge < -0.3 is 24.4 Å². The van der Waals surface area contributed by atoms with Crippen molar-refractivity contribution in [2.24, 2.45) is 0 Å². The molecule has 0 aromatic heterocycles. The van der Waals surface area contributed by atoms with Crippen molar-refractivity contribution in [3.63, 3.8) is 0 Å². The summed E-state index contributed by atoms with van der Waals surface area (Å²) < 4.78 is 31.6. The van der Waals surface area contributed by atoms with Gasteiger partial charge in [-0.2, -0.15) is 0 Å². The van der Waals surface area contributed by atoms with Crippen molar-refractivity contribution in [2.75, 3.05) is 42.6 Å². The third kappa shape index (κ3) is 4.16. The Labute approximate surface area is 168 Å². The van der Waals surface area contributed by atoms with Crippen LogP contribution < -0.4 is 15.1 Å². The van der Waals surface area contributed by atoms with Crippen molar-refractivity contribution in [1.29, 1.82) is 0 Å². The fourth-order valence-corrected chi connectivity index (χ4v) is 4.12. The predicted molar refractivity (Wildman–Crippen MR) is 103 cm³/mol.